The van der Waals surface area contributed by atoms with Crippen molar-refractivity contribution in [3.8, 4) is 5.75 Å². The van der Waals surface area contributed by atoms with Crippen molar-refractivity contribution in [1.82, 2.24) is 5.32 Å². The molecular formula is C14H19NO3. The number of morpholine rings is 1. The van der Waals surface area contributed by atoms with Crippen LogP contribution in [0, 0.1) is 0 Å². The first-order chi connectivity index (χ1) is 8.70. The van der Waals surface area contributed by atoms with Crippen LogP contribution in [0.4, 0.5) is 0 Å². The molecule has 0 aromatic heterocycles. The fourth-order valence-corrected chi connectivity index (χ4v) is 2.17. The minimum Gasteiger partial charge on any atom is -0.496 e. The van der Waals surface area contributed by atoms with E-state index in [1.807, 2.05) is 18.2 Å². The summed E-state index contributed by atoms with van der Waals surface area (Å²) in [5.74, 6) is 0.658. The molecule has 1 aromatic rings. The Hall–Kier alpha value is -1.39. The molecule has 1 N–H and O–H groups in total. The van der Waals surface area contributed by atoms with Gasteiger partial charge in [-0.1, -0.05) is 6.07 Å². The van der Waals surface area contributed by atoms with E-state index in [1.165, 1.54) is 0 Å². The molecule has 0 amide bonds. The number of hydrogen-bond donors (Lipinski definition) is 1. The quantitative estimate of drug-likeness (QED) is 0.820. The number of ether oxygens (including phenoxy) is 2. The summed E-state index contributed by atoms with van der Waals surface area (Å²) < 4.78 is 10.8. The lowest BCUT2D eigenvalue weighted by molar-refractivity contribution is 0.0292. The van der Waals surface area contributed by atoms with E-state index in [0.29, 0.717) is 11.3 Å². The van der Waals surface area contributed by atoms with Crippen molar-refractivity contribution in [2.24, 2.45) is 0 Å². The molecule has 0 radical (unpaired) electrons. The summed E-state index contributed by atoms with van der Waals surface area (Å²) in [4.78, 5) is 11.5. The van der Waals surface area contributed by atoms with Gasteiger partial charge in [0.1, 0.15) is 5.75 Å². The SMILES string of the molecule is COc1ccc(CC2CNCCO2)cc1C(C)=O. The summed E-state index contributed by atoms with van der Waals surface area (Å²) in [7, 11) is 1.58. The maximum atomic E-state index is 11.5. The molecule has 1 aromatic carbocycles. The van der Waals surface area contributed by atoms with E-state index in [2.05, 4.69) is 5.32 Å². The Morgan fingerprint density at radius 1 is 1.56 bits per heavy atom. The number of carbonyl (C=O) groups excluding carboxylic acids is 1. The molecule has 1 heterocycles. The van der Waals surface area contributed by atoms with Crippen molar-refractivity contribution in [2.75, 3.05) is 26.8 Å². The largest absolute Gasteiger partial charge is 0.496 e. The second-order valence-corrected chi connectivity index (χ2v) is 4.49. The highest BCUT2D eigenvalue weighted by atomic mass is 16.5. The first-order valence-corrected chi connectivity index (χ1v) is 6.21. The summed E-state index contributed by atoms with van der Waals surface area (Å²) in [6.07, 6.45) is 1.00. The van der Waals surface area contributed by atoms with Gasteiger partial charge in [0.2, 0.25) is 0 Å². The maximum Gasteiger partial charge on any atom is 0.163 e. The van der Waals surface area contributed by atoms with Crippen LogP contribution in [0.25, 0.3) is 0 Å². The van der Waals surface area contributed by atoms with Gasteiger partial charge in [-0.15, -0.1) is 0 Å². The Bertz CT molecular complexity index is 425. The molecular weight excluding hydrogens is 230 g/mol. The number of methoxy groups -OCH3 is 1. The number of rotatable bonds is 4. The van der Waals surface area contributed by atoms with Gasteiger partial charge in [0.25, 0.3) is 0 Å². The Balaban J connectivity index is 2.13. The van der Waals surface area contributed by atoms with Crippen molar-refractivity contribution in [3.05, 3.63) is 29.3 Å². The third-order valence-electron chi connectivity index (χ3n) is 3.11. The average Bonchev–Trinajstić information content (AvgIpc) is 2.40. The zero-order valence-electron chi connectivity index (χ0n) is 10.9. The van der Waals surface area contributed by atoms with Gasteiger partial charge < -0.3 is 14.8 Å². The van der Waals surface area contributed by atoms with Gasteiger partial charge in [-0.3, -0.25) is 4.79 Å². The van der Waals surface area contributed by atoms with E-state index in [1.54, 1.807) is 14.0 Å². The number of ketones is 1. The van der Waals surface area contributed by atoms with Crippen LogP contribution in [-0.2, 0) is 11.2 Å². The first kappa shape index (κ1) is 13.1. The number of Topliss-reactive ketones (excluding diaryl/α,β-unsaturated/α-hetero) is 1. The van der Waals surface area contributed by atoms with Crippen LogP contribution in [0.1, 0.15) is 22.8 Å². The molecule has 18 heavy (non-hydrogen) atoms. The molecule has 0 saturated carbocycles. The van der Waals surface area contributed by atoms with Crippen LogP contribution >= 0.6 is 0 Å². The monoisotopic (exact) mass is 249 g/mol. The van der Waals surface area contributed by atoms with E-state index < -0.39 is 0 Å². The van der Waals surface area contributed by atoms with Gasteiger partial charge in [0, 0.05) is 13.1 Å². The van der Waals surface area contributed by atoms with Gasteiger partial charge in [-0.2, -0.15) is 0 Å². The van der Waals surface area contributed by atoms with E-state index >= 15 is 0 Å². The van der Waals surface area contributed by atoms with Crippen LogP contribution in [-0.4, -0.2) is 38.7 Å². The Kier molecular flexibility index (Phi) is 4.33. The Morgan fingerprint density at radius 2 is 2.39 bits per heavy atom. The lowest BCUT2D eigenvalue weighted by Gasteiger charge is -2.23. The van der Waals surface area contributed by atoms with E-state index in [-0.39, 0.29) is 11.9 Å². The molecule has 1 unspecified atom stereocenters. The number of carbonyl (C=O) groups is 1. The van der Waals surface area contributed by atoms with Gasteiger partial charge in [0.15, 0.2) is 5.78 Å². The molecule has 0 bridgehead atoms. The lowest BCUT2D eigenvalue weighted by Crippen LogP contribution is -2.39. The molecule has 0 aliphatic carbocycles. The molecule has 4 nitrogen and oxygen atoms in total. The predicted octanol–water partition coefficient (Wildman–Crippen LogP) is 1.43. The summed E-state index contributed by atoms with van der Waals surface area (Å²) >= 11 is 0. The average molecular weight is 249 g/mol. The van der Waals surface area contributed by atoms with Crippen molar-refractivity contribution < 1.29 is 14.3 Å². The minimum atomic E-state index is 0.0244. The van der Waals surface area contributed by atoms with Gasteiger partial charge in [-0.25, -0.2) is 0 Å². The van der Waals surface area contributed by atoms with E-state index in [9.17, 15) is 4.79 Å². The predicted molar refractivity (Wildman–Crippen MR) is 69.3 cm³/mol. The zero-order chi connectivity index (χ0) is 13.0. The van der Waals surface area contributed by atoms with Gasteiger partial charge in [0.05, 0.1) is 25.4 Å². The second kappa shape index (κ2) is 5.98. The second-order valence-electron chi connectivity index (χ2n) is 4.49. The van der Waals surface area contributed by atoms with Crippen LogP contribution in [0.3, 0.4) is 0 Å². The molecule has 1 aliphatic rings. The first-order valence-electron chi connectivity index (χ1n) is 6.21. The number of hydrogen-bond acceptors (Lipinski definition) is 4. The summed E-state index contributed by atoms with van der Waals surface area (Å²) in [6, 6.07) is 5.74. The highest BCUT2D eigenvalue weighted by Crippen LogP contribution is 2.21. The molecule has 4 heteroatoms. The molecule has 2 rings (SSSR count). The molecule has 1 aliphatic heterocycles. The molecule has 1 saturated heterocycles. The fourth-order valence-electron chi connectivity index (χ4n) is 2.17. The third-order valence-corrected chi connectivity index (χ3v) is 3.11. The van der Waals surface area contributed by atoms with Gasteiger partial charge in [-0.05, 0) is 31.0 Å². The van der Waals surface area contributed by atoms with Crippen LogP contribution in [0.2, 0.25) is 0 Å². The summed E-state index contributed by atoms with van der Waals surface area (Å²) in [5, 5.41) is 3.30. The summed E-state index contributed by atoms with van der Waals surface area (Å²) in [6.45, 7) is 4.08. The van der Waals surface area contributed by atoms with Crippen molar-refractivity contribution in [2.45, 2.75) is 19.4 Å². The van der Waals surface area contributed by atoms with Gasteiger partial charge >= 0.3 is 0 Å². The van der Waals surface area contributed by atoms with Crippen molar-refractivity contribution in [1.29, 1.82) is 0 Å². The van der Waals surface area contributed by atoms with Crippen molar-refractivity contribution in [3.63, 3.8) is 0 Å². The summed E-state index contributed by atoms with van der Waals surface area (Å²) in [5.41, 5.74) is 1.74. The van der Waals surface area contributed by atoms with Crippen LogP contribution < -0.4 is 10.1 Å². The smallest absolute Gasteiger partial charge is 0.163 e. The normalized spacial score (nSPS) is 19.6. The zero-order valence-corrected chi connectivity index (χ0v) is 10.9. The standard InChI is InChI=1S/C14H19NO3/c1-10(16)13-8-11(3-4-14(13)17-2)7-12-9-15-5-6-18-12/h3-4,8,12,15H,5-7,9H2,1-2H3. The molecule has 1 atom stereocenters. The van der Waals surface area contributed by atoms with E-state index in [0.717, 1.165) is 31.7 Å². The Morgan fingerprint density at radius 3 is 3.00 bits per heavy atom. The van der Waals surface area contributed by atoms with Crippen molar-refractivity contribution >= 4 is 5.78 Å². The Labute approximate surface area is 107 Å². The number of nitrogens with one attached hydrogen (secondary N) is 1. The van der Waals surface area contributed by atoms with Crippen LogP contribution in [0.5, 0.6) is 5.75 Å². The lowest BCUT2D eigenvalue weighted by atomic mass is 10.0. The van der Waals surface area contributed by atoms with E-state index in [4.69, 9.17) is 9.47 Å². The topological polar surface area (TPSA) is 47.6 Å². The third kappa shape index (κ3) is 3.09. The maximum absolute atomic E-state index is 11.5. The highest BCUT2D eigenvalue weighted by molar-refractivity contribution is 5.97. The number of benzene rings is 1. The highest BCUT2D eigenvalue weighted by Gasteiger charge is 2.15. The molecule has 0 spiro atoms. The fraction of sp³-hybridized carbons (Fsp3) is 0.500. The minimum absolute atomic E-state index is 0.0244. The molecule has 1 fully saturated rings. The van der Waals surface area contributed by atoms with Crippen LogP contribution in [0.15, 0.2) is 18.2 Å². The molecule has 98 valence electrons.